The van der Waals surface area contributed by atoms with E-state index in [0.717, 1.165) is 23.0 Å². The molecule has 8 heteroatoms. The quantitative estimate of drug-likeness (QED) is 0.724. The zero-order valence-electron chi connectivity index (χ0n) is 15.1. The number of benzene rings is 1. The Labute approximate surface area is 159 Å². The van der Waals surface area contributed by atoms with Gasteiger partial charge < -0.3 is 9.67 Å². The molecule has 142 valence electrons. The number of aromatic nitrogens is 3. The van der Waals surface area contributed by atoms with Gasteiger partial charge in [-0.2, -0.15) is 0 Å². The third kappa shape index (κ3) is 4.66. The zero-order chi connectivity index (χ0) is 18.7. The van der Waals surface area contributed by atoms with E-state index in [9.17, 15) is 13.5 Å². The van der Waals surface area contributed by atoms with Gasteiger partial charge in [-0.25, -0.2) is 8.42 Å². The Hall–Kier alpha value is -1.38. The predicted octanol–water partition coefficient (Wildman–Crippen LogP) is 2.18. The number of aryl methyl sites for hydroxylation is 1. The summed E-state index contributed by atoms with van der Waals surface area (Å²) in [6, 6.07) is 8.01. The van der Waals surface area contributed by atoms with Crippen molar-refractivity contribution in [3.05, 3.63) is 41.2 Å². The van der Waals surface area contributed by atoms with Crippen LogP contribution in [0.2, 0.25) is 0 Å². The van der Waals surface area contributed by atoms with Crippen LogP contribution in [0.25, 0.3) is 0 Å². The van der Waals surface area contributed by atoms with Crippen LogP contribution < -0.4 is 0 Å². The first-order valence-electron chi connectivity index (χ1n) is 8.86. The molecule has 1 aromatic carbocycles. The molecule has 26 heavy (non-hydrogen) atoms. The fourth-order valence-corrected chi connectivity index (χ4v) is 5.92. The molecule has 0 bridgehead atoms. The van der Waals surface area contributed by atoms with E-state index in [0.29, 0.717) is 18.6 Å². The van der Waals surface area contributed by atoms with Crippen LogP contribution in [0.4, 0.5) is 0 Å². The van der Waals surface area contributed by atoms with E-state index in [4.69, 9.17) is 0 Å². The van der Waals surface area contributed by atoms with Crippen LogP contribution >= 0.6 is 11.8 Å². The van der Waals surface area contributed by atoms with Crippen molar-refractivity contribution >= 4 is 21.6 Å². The third-order valence-corrected chi connectivity index (χ3v) is 7.80. The van der Waals surface area contributed by atoms with E-state index in [1.165, 1.54) is 17.3 Å². The van der Waals surface area contributed by atoms with Gasteiger partial charge in [0.15, 0.2) is 15.0 Å². The molecule has 1 N–H and O–H groups in total. The summed E-state index contributed by atoms with van der Waals surface area (Å²) in [5.74, 6) is 1.95. The maximum Gasteiger partial charge on any atom is 0.191 e. The van der Waals surface area contributed by atoms with Crippen molar-refractivity contribution in [2.45, 2.75) is 37.4 Å². The number of nitrogens with zero attached hydrogens (tertiary/aromatic N) is 3. The summed E-state index contributed by atoms with van der Waals surface area (Å²) in [4.78, 5) is 0. The first-order chi connectivity index (χ1) is 12.4. The van der Waals surface area contributed by atoms with Crippen molar-refractivity contribution in [3.8, 4) is 0 Å². The van der Waals surface area contributed by atoms with E-state index in [1.807, 2.05) is 35.9 Å². The van der Waals surface area contributed by atoms with Gasteiger partial charge in [-0.3, -0.25) is 0 Å². The SMILES string of the molecule is CCc1ccc([C@H](O)CSc2nnc(C[C@@H]3CCS(=O)(=O)C3)n2C)cc1. The van der Waals surface area contributed by atoms with Crippen LogP contribution in [-0.4, -0.2) is 45.5 Å². The molecule has 2 atom stereocenters. The van der Waals surface area contributed by atoms with Gasteiger partial charge in [0.1, 0.15) is 5.82 Å². The molecule has 2 aromatic rings. The number of rotatable bonds is 7. The second-order valence-electron chi connectivity index (χ2n) is 6.85. The maximum atomic E-state index is 11.6. The van der Waals surface area contributed by atoms with Crippen molar-refractivity contribution in [3.63, 3.8) is 0 Å². The molecule has 0 saturated carbocycles. The molecule has 1 aliphatic rings. The van der Waals surface area contributed by atoms with Gasteiger partial charge in [-0.15, -0.1) is 10.2 Å². The summed E-state index contributed by atoms with van der Waals surface area (Å²) >= 11 is 1.46. The lowest BCUT2D eigenvalue weighted by Gasteiger charge is -2.11. The van der Waals surface area contributed by atoms with Crippen molar-refractivity contribution < 1.29 is 13.5 Å². The fourth-order valence-electron chi connectivity index (χ4n) is 3.16. The van der Waals surface area contributed by atoms with E-state index in [1.54, 1.807) is 0 Å². The molecule has 3 rings (SSSR count). The molecular weight excluding hydrogens is 370 g/mol. The number of hydrogen-bond donors (Lipinski definition) is 1. The molecule has 1 aromatic heterocycles. The smallest absolute Gasteiger partial charge is 0.191 e. The number of hydrogen-bond acceptors (Lipinski definition) is 6. The van der Waals surface area contributed by atoms with Crippen LogP contribution in [-0.2, 0) is 29.7 Å². The summed E-state index contributed by atoms with van der Waals surface area (Å²) in [7, 11) is -0.982. The van der Waals surface area contributed by atoms with Gasteiger partial charge in [0.2, 0.25) is 0 Å². The lowest BCUT2D eigenvalue weighted by atomic mass is 10.1. The van der Waals surface area contributed by atoms with Crippen LogP contribution in [0.1, 0.15) is 36.4 Å². The van der Waals surface area contributed by atoms with Crippen molar-refractivity contribution in [2.75, 3.05) is 17.3 Å². The van der Waals surface area contributed by atoms with Gasteiger partial charge in [0.25, 0.3) is 0 Å². The number of aliphatic hydroxyl groups excluding tert-OH is 1. The maximum absolute atomic E-state index is 11.6. The molecule has 1 saturated heterocycles. The van der Waals surface area contributed by atoms with Gasteiger partial charge in [-0.05, 0) is 29.9 Å². The minimum absolute atomic E-state index is 0.128. The lowest BCUT2D eigenvalue weighted by molar-refractivity contribution is 0.204. The fraction of sp³-hybridized carbons (Fsp3) is 0.556. The summed E-state index contributed by atoms with van der Waals surface area (Å²) in [6.45, 7) is 2.11. The number of aliphatic hydroxyl groups is 1. The predicted molar refractivity (Wildman–Crippen MR) is 103 cm³/mol. The second kappa shape index (κ2) is 8.10. The molecular formula is C18H25N3O3S2. The standard InChI is InChI=1S/C18H25N3O3S2/c1-3-13-4-6-15(7-5-13)16(22)11-25-18-20-19-17(21(18)2)10-14-8-9-26(23,24)12-14/h4-7,14,16,22H,3,8-12H2,1-2H3/t14-,16+/m0/s1. The Balaban J connectivity index is 1.57. The Bertz CT molecular complexity index is 847. The highest BCUT2D eigenvalue weighted by molar-refractivity contribution is 7.99. The van der Waals surface area contributed by atoms with E-state index >= 15 is 0 Å². The minimum Gasteiger partial charge on any atom is -0.388 e. The highest BCUT2D eigenvalue weighted by Gasteiger charge is 2.29. The van der Waals surface area contributed by atoms with Crippen molar-refractivity contribution in [1.29, 1.82) is 0 Å². The molecule has 1 fully saturated rings. The Kier molecular flexibility index (Phi) is 6.04. The summed E-state index contributed by atoms with van der Waals surface area (Å²) < 4.78 is 25.1. The largest absolute Gasteiger partial charge is 0.388 e. The zero-order valence-corrected chi connectivity index (χ0v) is 16.8. The number of thioether (sulfide) groups is 1. The average Bonchev–Trinajstić information content (AvgIpc) is 3.15. The number of sulfone groups is 1. The molecule has 0 spiro atoms. The molecule has 0 amide bonds. The van der Waals surface area contributed by atoms with Gasteiger partial charge >= 0.3 is 0 Å². The van der Waals surface area contributed by atoms with E-state index in [2.05, 4.69) is 17.1 Å². The second-order valence-corrected chi connectivity index (χ2v) is 10.1. The lowest BCUT2D eigenvalue weighted by Crippen LogP contribution is -2.11. The minimum atomic E-state index is -2.87. The van der Waals surface area contributed by atoms with Crippen molar-refractivity contribution in [1.82, 2.24) is 14.8 Å². The first kappa shape index (κ1) is 19.4. The molecule has 1 aliphatic heterocycles. The van der Waals surface area contributed by atoms with Crippen LogP contribution in [0.5, 0.6) is 0 Å². The highest BCUT2D eigenvalue weighted by Crippen LogP contribution is 2.26. The first-order valence-corrected chi connectivity index (χ1v) is 11.7. The summed E-state index contributed by atoms with van der Waals surface area (Å²) in [5.41, 5.74) is 2.15. The summed E-state index contributed by atoms with van der Waals surface area (Å²) in [5, 5.41) is 19.5. The molecule has 0 radical (unpaired) electrons. The normalized spacial score (nSPS) is 20.3. The Morgan fingerprint density at radius 3 is 2.65 bits per heavy atom. The topological polar surface area (TPSA) is 85.1 Å². The van der Waals surface area contributed by atoms with Crippen LogP contribution in [0.3, 0.4) is 0 Å². The molecule has 2 heterocycles. The Morgan fingerprint density at radius 2 is 2.04 bits per heavy atom. The monoisotopic (exact) mass is 395 g/mol. The summed E-state index contributed by atoms with van der Waals surface area (Å²) in [6.07, 6.45) is 1.75. The van der Waals surface area contributed by atoms with E-state index < -0.39 is 15.9 Å². The highest BCUT2D eigenvalue weighted by atomic mass is 32.2. The average molecular weight is 396 g/mol. The van der Waals surface area contributed by atoms with Crippen molar-refractivity contribution in [2.24, 2.45) is 13.0 Å². The Morgan fingerprint density at radius 1 is 1.31 bits per heavy atom. The molecule has 0 aliphatic carbocycles. The van der Waals surface area contributed by atoms with Crippen LogP contribution in [0, 0.1) is 5.92 Å². The molecule has 0 unspecified atom stereocenters. The van der Waals surface area contributed by atoms with Crippen LogP contribution in [0.15, 0.2) is 29.4 Å². The molecule has 6 nitrogen and oxygen atoms in total. The third-order valence-electron chi connectivity index (χ3n) is 4.87. The van der Waals surface area contributed by atoms with Gasteiger partial charge in [0, 0.05) is 19.2 Å². The van der Waals surface area contributed by atoms with Gasteiger partial charge in [-0.1, -0.05) is 43.0 Å². The van der Waals surface area contributed by atoms with Gasteiger partial charge in [0.05, 0.1) is 17.6 Å². The van der Waals surface area contributed by atoms with E-state index in [-0.39, 0.29) is 17.4 Å².